The Morgan fingerprint density at radius 1 is 1.35 bits per heavy atom. The Kier molecular flexibility index (Phi) is 2.35. The average molecular weight is 254 g/mol. The van der Waals surface area contributed by atoms with Crippen LogP contribution in [0.25, 0.3) is 0 Å². The average Bonchev–Trinajstić information content (AvgIpc) is 2.74. The van der Waals surface area contributed by atoms with Crippen LogP contribution in [-0.4, -0.2) is 32.5 Å². The third-order valence-electron chi connectivity index (χ3n) is 3.47. The monoisotopic (exact) mass is 254 g/mol. The Morgan fingerprint density at radius 2 is 2.06 bits per heavy atom. The first kappa shape index (κ1) is 10.9. The Balaban J connectivity index is 1.69. The Morgan fingerprint density at radius 3 is 2.59 bits per heavy atom. The van der Waals surface area contributed by atoms with Crippen molar-refractivity contribution < 1.29 is 8.42 Å². The van der Waals surface area contributed by atoms with E-state index in [1.807, 2.05) is 0 Å². The molecule has 0 amide bonds. The molecular weight excluding hydrogens is 240 g/mol. The van der Waals surface area contributed by atoms with Crippen molar-refractivity contribution in [2.24, 2.45) is 17.0 Å². The lowest BCUT2D eigenvalue weighted by Gasteiger charge is -2.08. The van der Waals surface area contributed by atoms with Crippen molar-refractivity contribution in [3.8, 4) is 0 Å². The summed E-state index contributed by atoms with van der Waals surface area (Å²) in [7, 11) is -3.65. The molecule has 1 aromatic rings. The van der Waals surface area contributed by atoms with Crippen molar-refractivity contribution in [3.63, 3.8) is 0 Å². The van der Waals surface area contributed by atoms with E-state index in [9.17, 15) is 8.42 Å². The largest absolute Gasteiger partial charge is 0.367 e. The predicted molar refractivity (Wildman–Crippen MR) is 62.9 cm³/mol. The van der Waals surface area contributed by atoms with E-state index >= 15 is 0 Å². The second kappa shape index (κ2) is 3.66. The molecule has 0 radical (unpaired) electrons. The quantitative estimate of drug-likeness (QED) is 0.666. The summed E-state index contributed by atoms with van der Waals surface area (Å²) < 4.78 is 22.1. The van der Waals surface area contributed by atoms with E-state index in [-0.39, 0.29) is 4.90 Å². The summed E-state index contributed by atoms with van der Waals surface area (Å²) in [5.74, 6) is 2.08. The van der Waals surface area contributed by atoms with Gasteiger partial charge in [-0.3, -0.25) is 0 Å². The van der Waals surface area contributed by atoms with Crippen LogP contribution >= 0.6 is 0 Å². The molecule has 92 valence electrons. The highest BCUT2D eigenvalue weighted by Gasteiger charge is 2.53. The van der Waals surface area contributed by atoms with Crippen LogP contribution in [0.3, 0.4) is 0 Å². The number of nitrogens with one attached hydrogen (secondary N) is 2. The van der Waals surface area contributed by atoms with Gasteiger partial charge >= 0.3 is 0 Å². The molecule has 2 aliphatic rings. The molecule has 0 aromatic carbocycles. The number of sulfonamides is 1. The molecule has 4 N–H and O–H groups in total. The third-order valence-corrected chi connectivity index (χ3v) is 4.37. The highest BCUT2D eigenvalue weighted by Crippen LogP contribution is 2.43. The summed E-state index contributed by atoms with van der Waals surface area (Å²) in [6, 6.07) is 3.60. The fraction of sp³-hybridized carbons (Fsp3) is 0.500. The van der Waals surface area contributed by atoms with Crippen molar-refractivity contribution in [2.75, 3.05) is 18.4 Å². The van der Waals surface area contributed by atoms with E-state index in [4.69, 9.17) is 5.14 Å². The summed E-state index contributed by atoms with van der Waals surface area (Å²) in [4.78, 5) is 4.10. The van der Waals surface area contributed by atoms with Crippen LogP contribution in [0.15, 0.2) is 23.2 Å². The maximum atomic E-state index is 11.0. The number of hydrogen-bond acceptors (Lipinski definition) is 5. The van der Waals surface area contributed by atoms with Crippen LogP contribution in [0.2, 0.25) is 0 Å². The first-order valence-corrected chi connectivity index (χ1v) is 7.06. The number of aromatic nitrogens is 1. The van der Waals surface area contributed by atoms with Crippen molar-refractivity contribution >= 4 is 15.8 Å². The molecule has 1 aliphatic heterocycles. The number of nitrogens with two attached hydrogens (primary N) is 1. The summed E-state index contributed by atoms with van der Waals surface area (Å²) in [5, 5.41) is 11.6. The fourth-order valence-electron chi connectivity index (χ4n) is 2.44. The summed E-state index contributed by atoms with van der Waals surface area (Å²) in [6.45, 7) is 2.11. The van der Waals surface area contributed by atoms with Gasteiger partial charge in [-0.05, 0) is 24.0 Å². The highest BCUT2D eigenvalue weighted by molar-refractivity contribution is 7.89. The van der Waals surface area contributed by atoms with Crippen molar-refractivity contribution in [1.82, 2.24) is 10.3 Å². The van der Waals surface area contributed by atoms with E-state index in [0.717, 1.165) is 13.1 Å². The standard InChI is InChI=1S/C10H14N4O2S/c11-17(15,16)6-1-2-9(13-3-6)14-10-7-4-12-5-8(7)10/h1-3,7-8,10,12H,4-5H2,(H,13,14)(H2,11,15,16). The molecule has 1 saturated carbocycles. The molecule has 3 rings (SSSR count). The number of rotatable bonds is 3. The van der Waals surface area contributed by atoms with Gasteiger partial charge in [0.25, 0.3) is 0 Å². The number of pyridine rings is 1. The van der Waals surface area contributed by atoms with Crippen LogP contribution in [0.1, 0.15) is 0 Å². The lowest BCUT2D eigenvalue weighted by atomic mass is 10.4. The van der Waals surface area contributed by atoms with Gasteiger partial charge in [-0.2, -0.15) is 0 Å². The zero-order valence-electron chi connectivity index (χ0n) is 9.13. The molecule has 0 bridgehead atoms. The molecule has 7 heteroatoms. The van der Waals surface area contributed by atoms with E-state index < -0.39 is 10.0 Å². The SMILES string of the molecule is NS(=O)(=O)c1ccc(NC2C3CNCC32)nc1. The maximum absolute atomic E-state index is 11.0. The van der Waals surface area contributed by atoms with Gasteiger partial charge in [-0.15, -0.1) is 0 Å². The molecule has 2 heterocycles. The minimum absolute atomic E-state index is 0.0423. The third kappa shape index (κ3) is 2.01. The summed E-state index contributed by atoms with van der Waals surface area (Å²) in [6.07, 6.45) is 1.29. The van der Waals surface area contributed by atoms with Crippen LogP contribution in [0, 0.1) is 11.8 Å². The van der Waals surface area contributed by atoms with Crippen LogP contribution < -0.4 is 15.8 Å². The smallest absolute Gasteiger partial charge is 0.239 e. The number of piperidine rings is 1. The first-order chi connectivity index (χ1) is 8.05. The normalized spacial score (nSPS) is 31.0. The van der Waals surface area contributed by atoms with E-state index in [2.05, 4.69) is 15.6 Å². The molecular formula is C10H14N4O2S. The van der Waals surface area contributed by atoms with Gasteiger partial charge in [0.2, 0.25) is 10.0 Å². The molecule has 1 aromatic heterocycles. The second-order valence-corrected chi connectivity index (χ2v) is 6.14. The lowest BCUT2D eigenvalue weighted by molar-refractivity contribution is 0.597. The van der Waals surface area contributed by atoms with Gasteiger partial charge in [0, 0.05) is 25.3 Å². The van der Waals surface area contributed by atoms with Gasteiger partial charge in [0.05, 0.1) is 0 Å². The lowest BCUT2D eigenvalue weighted by Crippen LogP contribution is -2.21. The molecule has 2 fully saturated rings. The number of primary sulfonamides is 1. The van der Waals surface area contributed by atoms with Gasteiger partial charge in [-0.25, -0.2) is 18.5 Å². The predicted octanol–water partition coefficient (Wildman–Crippen LogP) is -0.641. The number of anilines is 1. The van der Waals surface area contributed by atoms with E-state index in [1.54, 1.807) is 6.07 Å². The van der Waals surface area contributed by atoms with Crippen LogP contribution in [0.5, 0.6) is 0 Å². The number of nitrogens with zero attached hydrogens (tertiary/aromatic N) is 1. The van der Waals surface area contributed by atoms with Crippen molar-refractivity contribution in [2.45, 2.75) is 10.9 Å². The minimum Gasteiger partial charge on any atom is -0.367 e. The van der Waals surface area contributed by atoms with Crippen molar-refractivity contribution in [3.05, 3.63) is 18.3 Å². The van der Waals surface area contributed by atoms with Crippen molar-refractivity contribution in [1.29, 1.82) is 0 Å². The Hall–Kier alpha value is -1.18. The zero-order chi connectivity index (χ0) is 12.0. The molecule has 1 saturated heterocycles. The first-order valence-electron chi connectivity index (χ1n) is 5.52. The molecule has 0 spiro atoms. The fourth-order valence-corrected chi connectivity index (χ4v) is 2.89. The van der Waals surface area contributed by atoms with E-state index in [0.29, 0.717) is 23.7 Å². The number of hydrogen-bond donors (Lipinski definition) is 3. The Labute approximate surface area is 99.7 Å². The molecule has 2 unspecified atom stereocenters. The summed E-state index contributed by atoms with van der Waals surface area (Å²) in [5.41, 5.74) is 0. The minimum atomic E-state index is -3.65. The van der Waals surface area contributed by atoms with Gasteiger partial charge in [0.15, 0.2) is 0 Å². The summed E-state index contributed by atoms with van der Waals surface area (Å²) >= 11 is 0. The molecule has 1 aliphatic carbocycles. The van der Waals surface area contributed by atoms with Crippen LogP contribution in [0.4, 0.5) is 5.82 Å². The van der Waals surface area contributed by atoms with Gasteiger partial charge in [-0.1, -0.05) is 0 Å². The highest BCUT2D eigenvalue weighted by atomic mass is 32.2. The zero-order valence-corrected chi connectivity index (χ0v) is 9.94. The maximum Gasteiger partial charge on any atom is 0.239 e. The second-order valence-electron chi connectivity index (χ2n) is 4.58. The molecule has 2 atom stereocenters. The topological polar surface area (TPSA) is 97.1 Å². The van der Waals surface area contributed by atoms with E-state index in [1.165, 1.54) is 12.3 Å². The Bertz CT molecular complexity index is 518. The molecule has 6 nitrogen and oxygen atoms in total. The number of fused-ring (bicyclic) bond motifs is 1. The van der Waals surface area contributed by atoms with Crippen LogP contribution in [-0.2, 0) is 10.0 Å². The molecule has 17 heavy (non-hydrogen) atoms. The van der Waals surface area contributed by atoms with Gasteiger partial charge in [0.1, 0.15) is 10.7 Å². The van der Waals surface area contributed by atoms with Gasteiger partial charge < -0.3 is 10.6 Å².